The summed E-state index contributed by atoms with van der Waals surface area (Å²) in [5, 5.41) is 12.5. The number of oxime groups is 1. The van der Waals surface area contributed by atoms with E-state index >= 15 is 0 Å². The van der Waals surface area contributed by atoms with Crippen molar-refractivity contribution in [2.75, 3.05) is 12.4 Å². The molecule has 3 N–H and O–H groups in total. The maximum absolute atomic E-state index is 8.56. The molecule has 20 heavy (non-hydrogen) atoms. The number of hydrogen-bond donors (Lipinski definition) is 2. The average Bonchev–Trinajstić information content (AvgIpc) is 2.52. The van der Waals surface area contributed by atoms with Crippen LogP contribution < -0.4 is 10.5 Å². The van der Waals surface area contributed by atoms with E-state index in [1.54, 1.807) is 42.2 Å². The van der Waals surface area contributed by atoms with Crippen LogP contribution in [0.1, 0.15) is 5.56 Å². The van der Waals surface area contributed by atoms with Gasteiger partial charge in [0.2, 0.25) is 0 Å². The number of nitrogens with zero attached hydrogens (tertiary/aromatic N) is 2. The second kappa shape index (κ2) is 7.40. The highest BCUT2D eigenvalue weighted by atomic mass is 32.2. The molecule has 0 spiro atoms. The number of hydrogen-bond acceptors (Lipinski definition) is 5. The molecular formula is C14H15N3O2S. The van der Waals surface area contributed by atoms with Crippen LogP contribution in [0.2, 0.25) is 0 Å². The lowest BCUT2D eigenvalue weighted by molar-refractivity contribution is 0.318. The summed E-state index contributed by atoms with van der Waals surface area (Å²) in [7, 11) is 0. The molecule has 6 heteroatoms. The molecule has 1 heterocycles. The molecule has 0 saturated carbocycles. The van der Waals surface area contributed by atoms with Crippen LogP contribution in [0.5, 0.6) is 5.75 Å². The van der Waals surface area contributed by atoms with Gasteiger partial charge >= 0.3 is 0 Å². The van der Waals surface area contributed by atoms with Crippen molar-refractivity contribution in [2.24, 2.45) is 10.9 Å². The highest BCUT2D eigenvalue weighted by Gasteiger charge is 2.00. The van der Waals surface area contributed by atoms with E-state index in [4.69, 9.17) is 15.7 Å². The van der Waals surface area contributed by atoms with Gasteiger partial charge in [-0.15, -0.1) is 11.8 Å². The third-order valence-corrected chi connectivity index (χ3v) is 3.41. The highest BCUT2D eigenvalue weighted by molar-refractivity contribution is 7.99. The Bertz CT molecular complexity index is 558. The number of pyridine rings is 1. The molecule has 104 valence electrons. The van der Waals surface area contributed by atoms with Crippen LogP contribution in [-0.2, 0) is 0 Å². The lowest BCUT2D eigenvalue weighted by atomic mass is 10.2. The van der Waals surface area contributed by atoms with Crippen molar-refractivity contribution >= 4 is 17.6 Å². The van der Waals surface area contributed by atoms with E-state index in [-0.39, 0.29) is 5.84 Å². The smallest absolute Gasteiger partial charge is 0.170 e. The number of nitrogens with two attached hydrogens (primary N) is 1. The third-order valence-electron chi connectivity index (χ3n) is 2.50. The van der Waals surface area contributed by atoms with Gasteiger partial charge in [-0.05, 0) is 36.4 Å². The second-order valence-corrected chi connectivity index (χ2v) is 4.99. The van der Waals surface area contributed by atoms with Gasteiger partial charge in [0, 0.05) is 17.5 Å². The molecule has 0 bridgehead atoms. The Balaban J connectivity index is 1.77. The van der Waals surface area contributed by atoms with Gasteiger partial charge in [0.05, 0.1) is 11.6 Å². The molecule has 0 fully saturated rings. The average molecular weight is 289 g/mol. The van der Waals surface area contributed by atoms with Gasteiger partial charge in [0.15, 0.2) is 5.84 Å². The van der Waals surface area contributed by atoms with Crippen molar-refractivity contribution in [1.82, 2.24) is 4.98 Å². The zero-order valence-electron chi connectivity index (χ0n) is 10.8. The Hall–Kier alpha value is -2.21. The van der Waals surface area contributed by atoms with Gasteiger partial charge in [-0.1, -0.05) is 11.2 Å². The molecule has 0 atom stereocenters. The Morgan fingerprint density at radius 1 is 1.25 bits per heavy atom. The molecule has 0 aliphatic rings. The summed E-state index contributed by atoms with van der Waals surface area (Å²) in [4.78, 5) is 4.22. The van der Waals surface area contributed by atoms with E-state index in [9.17, 15) is 0 Å². The minimum absolute atomic E-state index is 0.0854. The van der Waals surface area contributed by atoms with Crippen molar-refractivity contribution in [2.45, 2.75) is 5.03 Å². The number of rotatable bonds is 6. The van der Waals surface area contributed by atoms with Crippen molar-refractivity contribution in [3.05, 3.63) is 54.2 Å². The summed E-state index contributed by atoms with van der Waals surface area (Å²) in [5.74, 6) is 1.65. The number of amidine groups is 1. The molecule has 0 unspecified atom stereocenters. The van der Waals surface area contributed by atoms with E-state index < -0.39 is 0 Å². The first-order chi connectivity index (χ1) is 9.79. The molecule has 2 rings (SSSR count). The number of aromatic nitrogens is 1. The first kappa shape index (κ1) is 14.2. The predicted octanol–water partition coefficient (Wildman–Crippen LogP) is 2.35. The van der Waals surface area contributed by atoms with Crippen LogP contribution in [0.3, 0.4) is 0 Å². The van der Waals surface area contributed by atoms with Gasteiger partial charge in [-0.25, -0.2) is 4.98 Å². The molecule has 0 aliphatic heterocycles. The normalized spacial score (nSPS) is 11.3. The fourth-order valence-corrected chi connectivity index (χ4v) is 2.20. The van der Waals surface area contributed by atoms with E-state index in [1.807, 2.05) is 18.2 Å². The van der Waals surface area contributed by atoms with Crippen molar-refractivity contribution in [1.29, 1.82) is 0 Å². The van der Waals surface area contributed by atoms with Crippen LogP contribution in [0.25, 0.3) is 0 Å². The molecule has 1 aromatic carbocycles. The summed E-state index contributed by atoms with van der Waals surface area (Å²) in [6.07, 6.45) is 1.77. The second-order valence-electron chi connectivity index (χ2n) is 3.87. The van der Waals surface area contributed by atoms with E-state index in [0.29, 0.717) is 12.2 Å². The molecule has 5 nitrogen and oxygen atoms in total. The molecule has 0 aliphatic carbocycles. The van der Waals surface area contributed by atoms with Crippen molar-refractivity contribution in [3.8, 4) is 5.75 Å². The van der Waals surface area contributed by atoms with Gasteiger partial charge in [0.1, 0.15) is 5.75 Å². The summed E-state index contributed by atoms with van der Waals surface area (Å²) in [5.41, 5.74) is 6.13. The number of thioether (sulfide) groups is 1. The van der Waals surface area contributed by atoms with E-state index in [0.717, 1.165) is 16.5 Å². The maximum Gasteiger partial charge on any atom is 0.170 e. The van der Waals surface area contributed by atoms with Gasteiger partial charge in [-0.2, -0.15) is 0 Å². The molecular weight excluding hydrogens is 274 g/mol. The van der Waals surface area contributed by atoms with Crippen LogP contribution in [0, 0.1) is 0 Å². The fraction of sp³-hybridized carbons (Fsp3) is 0.143. The van der Waals surface area contributed by atoms with Gasteiger partial charge < -0.3 is 15.7 Å². The standard InChI is InChI=1S/C14H15N3O2S/c15-14(17-18)11-4-6-12(7-5-11)19-9-10-20-13-3-1-2-8-16-13/h1-8,18H,9-10H2,(H2,15,17). The molecule has 1 aromatic heterocycles. The maximum atomic E-state index is 8.56. The van der Waals surface area contributed by atoms with E-state index in [2.05, 4.69) is 10.1 Å². The zero-order chi connectivity index (χ0) is 14.2. The highest BCUT2D eigenvalue weighted by Crippen LogP contribution is 2.16. The lowest BCUT2D eigenvalue weighted by Gasteiger charge is -2.06. The molecule has 0 radical (unpaired) electrons. The summed E-state index contributed by atoms with van der Waals surface area (Å²) < 4.78 is 5.60. The van der Waals surface area contributed by atoms with Crippen molar-refractivity contribution in [3.63, 3.8) is 0 Å². The minimum atomic E-state index is 0.0854. The lowest BCUT2D eigenvalue weighted by Crippen LogP contribution is -2.12. The summed E-state index contributed by atoms with van der Waals surface area (Å²) >= 11 is 1.64. The molecule has 0 saturated heterocycles. The Kier molecular flexibility index (Phi) is 5.25. The van der Waals surface area contributed by atoms with Crippen LogP contribution >= 0.6 is 11.8 Å². The first-order valence-electron chi connectivity index (χ1n) is 6.04. The Morgan fingerprint density at radius 3 is 2.70 bits per heavy atom. The first-order valence-corrected chi connectivity index (χ1v) is 7.03. The molecule has 2 aromatic rings. The van der Waals surface area contributed by atoms with Crippen LogP contribution in [0.15, 0.2) is 58.8 Å². The topological polar surface area (TPSA) is 80.7 Å². The monoisotopic (exact) mass is 289 g/mol. The largest absolute Gasteiger partial charge is 0.493 e. The fourth-order valence-electron chi connectivity index (χ4n) is 1.52. The van der Waals surface area contributed by atoms with E-state index in [1.165, 1.54) is 0 Å². The zero-order valence-corrected chi connectivity index (χ0v) is 11.6. The van der Waals surface area contributed by atoms with Crippen LogP contribution in [-0.4, -0.2) is 28.4 Å². The number of benzene rings is 1. The number of ether oxygens (including phenoxy) is 1. The Morgan fingerprint density at radius 2 is 2.05 bits per heavy atom. The third kappa shape index (κ3) is 4.17. The summed E-state index contributed by atoms with van der Waals surface area (Å²) in [6, 6.07) is 12.9. The summed E-state index contributed by atoms with van der Waals surface area (Å²) in [6.45, 7) is 0.587. The predicted molar refractivity (Wildman–Crippen MR) is 79.4 cm³/mol. The van der Waals surface area contributed by atoms with Gasteiger partial charge in [-0.3, -0.25) is 0 Å². The molecule has 0 amide bonds. The quantitative estimate of drug-likeness (QED) is 0.213. The van der Waals surface area contributed by atoms with Crippen molar-refractivity contribution < 1.29 is 9.94 Å². The van der Waals surface area contributed by atoms with Crippen LogP contribution in [0.4, 0.5) is 0 Å². The SMILES string of the molecule is N/C(=N/O)c1ccc(OCCSc2ccccn2)cc1. The Labute approximate surface area is 121 Å². The van der Waals surface area contributed by atoms with Gasteiger partial charge in [0.25, 0.3) is 0 Å². The minimum Gasteiger partial charge on any atom is -0.493 e.